The fraction of sp³-hybridized carbons (Fsp3) is 0.786. The number of nitrogens with zero attached hydrogens (tertiary/aromatic N) is 2. The number of hydrogen-bond donors (Lipinski definition) is 1. The molecule has 0 aliphatic carbocycles. The molecule has 0 amide bonds. The first-order chi connectivity index (χ1) is 8.63. The molecule has 4 heteroatoms. The maximum absolute atomic E-state index is 5.21. The van der Waals surface area contributed by atoms with E-state index in [4.69, 9.17) is 4.52 Å². The Bertz CT molecular complexity index is 354. The first kappa shape index (κ1) is 13.6. The van der Waals surface area contributed by atoms with Crippen LogP contribution in [0.1, 0.15) is 38.1 Å². The van der Waals surface area contributed by atoms with Gasteiger partial charge in [-0.05, 0) is 38.8 Å². The zero-order chi connectivity index (χ0) is 13.0. The second kappa shape index (κ2) is 6.34. The highest BCUT2D eigenvalue weighted by Crippen LogP contribution is 2.13. The van der Waals surface area contributed by atoms with E-state index in [1.54, 1.807) is 0 Å². The molecule has 1 aliphatic rings. The van der Waals surface area contributed by atoms with Gasteiger partial charge in [-0.3, -0.25) is 0 Å². The maximum atomic E-state index is 5.21. The summed E-state index contributed by atoms with van der Waals surface area (Å²) in [5, 5.41) is 7.47. The number of aryl methyl sites for hydroxylation is 1. The average Bonchev–Trinajstić information content (AvgIpc) is 2.74. The van der Waals surface area contributed by atoms with Crippen LogP contribution in [0.15, 0.2) is 10.6 Å². The molecule has 0 unspecified atom stereocenters. The fourth-order valence-electron chi connectivity index (χ4n) is 2.58. The van der Waals surface area contributed by atoms with Crippen LogP contribution in [0, 0.1) is 12.8 Å². The minimum Gasteiger partial charge on any atom is -0.360 e. The molecule has 0 atom stereocenters. The zero-order valence-corrected chi connectivity index (χ0v) is 11.8. The van der Waals surface area contributed by atoms with Crippen LogP contribution in [0.4, 0.5) is 0 Å². The van der Waals surface area contributed by atoms with Gasteiger partial charge in [0.15, 0.2) is 5.76 Å². The lowest BCUT2D eigenvalue weighted by molar-refractivity contribution is 0.178. The molecule has 2 rings (SSSR count). The number of piperidine rings is 1. The Morgan fingerprint density at radius 2 is 2.17 bits per heavy atom. The molecule has 1 aromatic rings. The third kappa shape index (κ3) is 4.10. The lowest BCUT2D eigenvalue weighted by Gasteiger charge is -2.33. The molecule has 0 aromatic carbocycles. The van der Waals surface area contributed by atoms with Crippen molar-refractivity contribution in [2.75, 3.05) is 19.6 Å². The van der Waals surface area contributed by atoms with Crippen molar-refractivity contribution in [3.8, 4) is 0 Å². The van der Waals surface area contributed by atoms with E-state index >= 15 is 0 Å². The average molecular weight is 251 g/mol. The normalized spacial score (nSPS) is 18.7. The molecule has 1 saturated heterocycles. The van der Waals surface area contributed by atoms with Gasteiger partial charge in [0.25, 0.3) is 0 Å². The minimum absolute atomic E-state index is 0.624. The lowest BCUT2D eigenvalue weighted by atomic mass is 10.0. The van der Waals surface area contributed by atoms with Gasteiger partial charge in [0.05, 0.1) is 12.2 Å². The highest BCUT2D eigenvalue weighted by Gasteiger charge is 2.19. The quantitative estimate of drug-likeness (QED) is 0.871. The predicted octanol–water partition coefficient (Wildman–Crippen LogP) is 2.19. The number of nitrogens with one attached hydrogen (secondary N) is 1. The van der Waals surface area contributed by atoms with Gasteiger partial charge in [-0.25, -0.2) is 0 Å². The number of aromatic nitrogens is 1. The summed E-state index contributed by atoms with van der Waals surface area (Å²) in [4.78, 5) is 2.57. The monoisotopic (exact) mass is 251 g/mol. The number of likely N-dealkylation sites (tertiary alicyclic amines) is 1. The van der Waals surface area contributed by atoms with Gasteiger partial charge in [0.2, 0.25) is 0 Å². The smallest absolute Gasteiger partial charge is 0.150 e. The van der Waals surface area contributed by atoms with Crippen LogP contribution in [0.2, 0.25) is 0 Å². The second-order valence-electron chi connectivity index (χ2n) is 5.78. The van der Waals surface area contributed by atoms with E-state index in [0.717, 1.165) is 23.9 Å². The van der Waals surface area contributed by atoms with Gasteiger partial charge in [-0.1, -0.05) is 19.0 Å². The second-order valence-corrected chi connectivity index (χ2v) is 5.78. The minimum atomic E-state index is 0.624. The molecule has 18 heavy (non-hydrogen) atoms. The van der Waals surface area contributed by atoms with Gasteiger partial charge >= 0.3 is 0 Å². The van der Waals surface area contributed by atoms with Crippen molar-refractivity contribution in [2.24, 2.45) is 5.92 Å². The predicted molar refractivity (Wildman–Crippen MR) is 72.4 cm³/mol. The van der Waals surface area contributed by atoms with E-state index in [1.165, 1.54) is 32.5 Å². The molecule has 102 valence electrons. The fourth-order valence-corrected chi connectivity index (χ4v) is 2.58. The Morgan fingerprint density at radius 1 is 1.44 bits per heavy atom. The van der Waals surface area contributed by atoms with Crippen LogP contribution >= 0.6 is 0 Å². The summed E-state index contributed by atoms with van der Waals surface area (Å²) in [6.45, 7) is 11.0. The van der Waals surface area contributed by atoms with Crippen LogP contribution < -0.4 is 5.32 Å². The van der Waals surface area contributed by atoms with Crippen molar-refractivity contribution >= 4 is 0 Å². The molecule has 0 saturated carbocycles. The van der Waals surface area contributed by atoms with Crippen LogP contribution in [0.25, 0.3) is 0 Å². The molecule has 1 N–H and O–H groups in total. The standard InChI is InChI=1S/C14H25N3O/c1-11(2)10-17-6-4-13(5-7-17)15-9-14-8-12(3)16-18-14/h8,11,13,15H,4-7,9-10H2,1-3H3. The van der Waals surface area contributed by atoms with Crippen LogP contribution in [-0.2, 0) is 6.54 Å². The Morgan fingerprint density at radius 3 is 2.72 bits per heavy atom. The van der Waals surface area contributed by atoms with Crippen LogP contribution in [-0.4, -0.2) is 35.7 Å². The Hall–Kier alpha value is -0.870. The summed E-state index contributed by atoms with van der Waals surface area (Å²) in [5.41, 5.74) is 0.957. The maximum Gasteiger partial charge on any atom is 0.150 e. The van der Waals surface area contributed by atoms with E-state index < -0.39 is 0 Å². The van der Waals surface area contributed by atoms with Crippen molar-refractivity contribution in [2.45, 2.75) is 46.2 Å². The Balaban J connectivity index is 1.67. The molecule has 0 bridgehead atoms. The molecule has 1 aliphatic heterocycles. The Kier molecular flexibility index (Phi) is 4.78. The van der Waals surface area contributed by atoms with Crippen molar-refractivity contribution in [1.29, 1.82) is 0 Å². The van der Waals surface area contributed by atoms with E-state index in [0.29, 0.717) is 6.04 Å². The lowest BCUT2D eigenvalue weighted by Crippen LogP contribution is -2.43. The molecule has 2 heterocycles. The summed E-state index contributed by atoms with van der Waals surface area (Å²) in [6.07, 6.45) is 2.47. The first-order valence-corrected chi connectivity index (χ1v) is 7.01. The summed E-state index contributed by atoms with van der Waals surface area (Å²) in [5.74, 6) is 1.71. The third-order valence-electron chi connectivity index (χ3n) is 3.45. The SMILES string of the molecule is Cc1cc(CNC2CCN(CC(C)C)CC2)on1. The molecule has 1 aromatic heterocycles. The van der Waals surface area contributed by atoms with Crippen molar-refractivity contribution in [3.63, 3.8) is 0 Å². The van der Waals surface area contributed by atoms with Gasteiger partial charge in [0, 0.05) is 18.7 Å². The Labute approximate surface area is 110 Å². The number of rotatable bonds is 5. The largest absolute Gasteiger partial charge is 0.360 e. The highest BCUT2D eigenvalue weighted by molar-refractivity contribution is 5.02. The summed E-state index contributed by atoms with van der Waals surface area (Å²) in [6, 6.07) is 2.62. The van der Waals surface area contributed by atoms with E-state index in [9.17, 15) is 0 Å². The molecule has 4 nitrogen and oxygen atoms in total. The van der Waals surface area contributed by atoms with Crippen LogP contribution in [0.5, 0.6) is 0 Å². The summed E-state index contributed by atoms with van der Waals surface area (Å²) >= 11 is 0. The van der Waals surface area contributed by atoms with Gasteiger partial charge in [-0.2, -0.15) is 0 Å². The van der Waals surface area contributed by atoms with Gasteiger partial charge in [-0.15, -0.1) is 0 Å². The summed E-state index contributed by atoms with van der Waals surface area (Å²) < 4.78 is 5.21. The van der Waals surface area contributed by atoms with Crippen molar-refractivity contribution in [3.05, 3.63) is 17.5 Å². The molecule has 0 spiro atoms. The highest BCUT2D eigenvalue weighted by atomic mass is 16.5. The molecule has 1 fully saturated rings. The van der Waals surface area contributed by atoms with E-state index in [1.807, 2.05) is 13.0 Å². The first-order valence-electron chi connectivity index (χ1n) is 7.01. The van der Waals surface area contributed by atoms with E-state index in [-0.39, 0.29) is 0 Å². The number of hydrogen-bond acceptors (Lipinski definition) is 4. The van der Waals surface area contributed by atoms with Gasteiger partial charge < -0.3 is 14.7 Å². The van der Waals surface area contributed by atoms with Gasteiger partial charge in [0.1, 0.15) is 0 Å². The van der Waals surface area contributed by atoms with Crippen molar-refractivity contribution in [1.82, 2.24) is 15.4 Å². The van der Waals surface area contributed by atoms with Crippen molar-refractivity contribution < 1.29 is 4.52 Å². The molecular formula is C14H25N3O. The molecular weight excluding hydrogens is 226 g/mol. The zero-order valence-electron chi connectivity index (χ0n) is 11.8. The van der Waals surface area contributed by atoms with Crippen LogP contribution in [0.3, 0.4) is 0 Å². The van der Waals surface area contributed by atoms with E-state index in [2.05, 4.69) is 29.2 Å². The topological polar surface area (TPSA) is 41.3 Å². The summed E-state index contributed by atoms with van der Waals surface area (Å²) in [7, 11) is 0. The molecule has 0 radical (unpaired) electrons. The third-order valence-corrected chi connectivity index (χ3v) is 3.45.